The Morgan fingerprint density at radius 2 is 1.84 bits per heavy atom. The van der Waals surface area contributed by atoms with Gasteiger partial charge in [0.2, 0.25) is 0 Å². The largest absolute Gasteiger partial charge is 0.352 e. The third-order valence-electron chi connectivity index (χ3n) is 4.21. The van der Waals surface area contributed by atoms with Gasteiger partial charge in [-0.15, -0.1) is 0 Å². The number of carbonyl (C=O) groups excluding carboxylic acids is 1. The van der Waals surface area contributed by atoms with Crippen molar-refractivity contribution in [2.24, 2.45) is 11.8 Å². The molecule has 0 heterocycles. The van der Waals surface area contributed by atoms with Crippen molar-refractivity contribution in [2.45, 2.75) is 39.0 Å². The van der Waals surface area contributed by atoms with Crippen LogP contribution in [0.3, 0.4) is 0 Å². The van der Waals surface area contributed by atoms with E-state index in [4.69, 9.17) is 0 Å². The van der Waals surface area contributed by atoms with Crippen molar-refractivity contribution >= 4 is 5.91 Å². The first-order valence-corrected chi connectivity index (χ1v) is 7.23. The maximum absolute atomic E-state index is 13.4. The van der Waals surface area contributed by atoms with Gasteiger partial charge in [0.05, 0.1) is 5.56 Å². The predicted octanol–water partition coefficient (Wildman–Crippen LogP) is 3.77. The summed E-state index contributed by atoms with van der Waals surface area (Å²) in [7, 11) is 0. The van der Waals surface area contributed by atoms with Crippen LogP contribution in [0.1, 0.15) is 49.4 Å². The molecule has 2 nitrogen and oxygen atoms in total. The molecule has 1 N–H and O–H groups in total. The van der Waals surface area contributed by atoms with Crippen molar-refractivity contribution in [2.75, 3.05) is 6.54 Å². The number of rotatable bonds is 4. The second-order valence-electron chi connectivity index (χ2n) is 5.48. The molecule has 0 spiro atoms. The second-order valence-corrected chi connectivity index (χ2v) is 5.48. The van der Waals surface area contributed by atoms with Gasteiger partial charge in [-0.3, -0.25) is 4.79 Å². The highest BCUT2D eigenvalue weighted by atomic mass is 19.1. The van der Waals surface area contributed by atoms with E-state index < -0.39 is 5.82 Å². The second kappa shape index (κ2) is 6.69. The summed E-state index contributed by atoms with van der Waals surface area (Å²) in [5, 5.41) is 2.86. The molecule has 1 fully saturated rings. The quantitative estimate of drug-likeness (QED) is 0.880. The summed E-state index contributed by atoms with van der Waals surface area (Å²) in [6.07, 6.45) is 6.13. The van der Waals surface area contributed by atoms with Crippen LogP contribution < -0.4 is 5.32 Å². The number of amides is 1. The minimum Gasteiger partial charge on any atom is -0.352 e. The fraction of sp³-hybridized carbons (Fsp3) is 0.562. The summed E-state index contributed by atoms with van der Waals surface area (Å²) in [5.74, 6) is 0.669. The van der Waals surface area contributed by atoms with Crippen LogP contribution >= 0.6 is 0 Å². The van der Waals surface area contributed by atoms with Gasteiger partial charge in [0.15, 0.2) is 0 Å². The summed E-state index contributed by atoms with van der Waals surface area (Å²) >= 11 is 0. The third kappa shape index (κ3) is 3.79. The summed E-state index contributed by atoms with van der Waals surface area (Å²) < 4.78 is 13.4. The Morgan fingerprint density at radius 1 is 1.21 bits per heavy atom. The molecule has 0 radical (unpaired) electrons. The number of hydrogen-bond donors (Lipinski definition) is 1. The van der Waals surface area contributed by atoms with Crippen LogP contribution in [0.15, 0.2) is 24.3 Å². The molecule has 2 rings (SSSR count). The van der Waals surface area contributed by atoms with Crippen molar-refractivity contribution in [1.82, 2.24) is 5.32 Å². The maximum Gasteiger partial charge on any atom is 0.254 e. The average Bonchev–Trinajstić information content (AvgIpc) is 2.46. The zero-order valence-electron chi connectivity index (χ0n) is 11.5. The minimum atomic E-state index is -0.449. The monoisotopic (exact) mass is 263 g/mol. The van der Waals surface area contributed by atoms with Crippen LogP contribution in [-0.2, 0) is 0 Å². The molecule has 1 amide bonds. The highest BCUT2D eigenvalue weighted by Gasteiger charge is 2.20. The Hall–Kier alpha value is -1.38. The average molecular weight is 263 g/mol. The van der Waals surface area contributed by atoms with Crippen molar-refractivity contribution < 1.29 is 9.18 Å². The van der Waals surface area contributed by atoms with E-state index in [-0.39, 0.29) is 11.5 Å². The highest BCUT2D eigenvalue weighted by molar-refractivity contribution is 5.94. The standard InChI is InChI=1S/C16H22FNO/c1-2-12-7-9-13(10-8-12)11-18-16(19)14-5-3-4-6-15(14)17/h3-6,12-13H,2,7-11H2,1H3,(H,18,19). The fourth-order valence-electron chi connectivity index (χ4n) is 2.82. The Labute approximate surface area is 114 Å². The Bertz CT molecular complexity index is 425. The van der Waals surface area contributed by atoms with Gasteiger partial charge in [-0.25, -0.2) is 4.39 Å². The van der Waals surface area contributed by atoms with Crippen LogP contribution in [-0.4, -0.2) is 12.5 Å². The molecule has 104 valence electrons. The topological polar surface area (TPSA) is 29.1 Å². The molecule has 1 aliphatic rings. The van der Waals surface area contributed by atoms with E-state index >= 15 is 0 Å². The van der Waals surface area contributed by atoms with Gasteiger partial charge >= 0.3 is 0 Å². The molecule has 1 saturated carbocycles. The van der Waals surface area contributed by atoms with Crippen molar-refractivity contribution in [3.63, 3.8) is 0 Å². The molecule has 0 unspecified atom stereocenters. The smallest absolute Gasteiger partial charge is 0.254 e. The van der Waals surface area contributed by atoms with E-state index in [9.17, 15) is 9.18 Å². The van der Waals surface area contributed by atoms with Crippen LogP contribution in [0.2, 0.25) is 0 Å². The molecule has 0 aliphatic heterocycles. The van der Waals surface area contributed by atoms with Gasteiger partial charge in [0, 0.05) is 6.54 Å². The molecular weight excluding hydrogens is 241 g/mol. The van der Waals surface area contributed by atoms with E-state index in [1.807, 2.05) is 0 Å². The fourth-order valence-corrected chi connectivity index (χ4v) is 2.82. The Balaban J connectivity index is 1.80. The number of carbonyl (C=O) groups is 1. The van der Waals surface area contributed by atoms with Crippen molar-refractivity contribution in [1.29, 1.82) is 0 Å². The number of halogens is 1. The van der Waals surface area contributed by atoms with E-state index in [1.54, 1.807) is 12.1 Å². The van der Waals surface area contributed by atoms with Crippen molar-refractivity contribution in [3.8, 4) is 0 Å². The molecule has 0 atom stereocenters. The first-order chi connectivity index (χ1) is 9.20. The Morgan fingerprint density at radius 3 is 2.47 bits per heavy atom. The number of nitrogens with one attached hydrogen (secondary N) is 1. The van der Waals surface area contributed by atoms with Gasteiger partial charge in [-0.1, -0.05) is 38.3 Å². The van der Waals surface area contributed by atoms with E-state index in [0.717, 1.165) is 5.92 Å². The first kappa shape index (κ1) is 14.0. The van der Waals surface area contributed by atoms with Gasteiger partial charge in [0.1, 0.15) is 5.82 Å². The third-order valence-corrected chi connectivity index (χ3v) is 4.21. The summed E-state index contributed by atoms with van der Waals surface area (Å²) in [6, 6.07) is 6.13. The van der Waals surface area contributed by atoms with Crippen LogP contribution in [0.4, 0.5) is 4.39 Å². The lowest BCUT2D eigenvalue weighted by Crippen LogP contribution is -2.31. The summed E-state index contributed by atoms with van der Waals surface area (Å²) in [4.78, 5) is 11.9. The van der Waals surface area contributed by atoms with Gasteiger partial charge in [-0.2, -0.15) is 0 Å². The number of benzene rings is 1. The molecule has 0 saturated heterocycles. The lowest BCUT2D eigenvalue weighted by atomic mass is 9.81. The molecule has 1 aromatic carbocycles. The zero-order chi connectivity index (χ0) is 13.7. The van der Waals surface area contributed by atoms with Gasteiger partial charge in [0.25, 0.3) is 5.91 Å². The minimum absolute atomic E-state index is 0.143. The lowest BCUT2D eigenvalue weighted by Gasteiger charge is -2.27. The van der Waals surface area contributed by atoms with Gasteiger partial charge < -0.3 is 5.32 Å². The van der Waals surface area contributed by atoms with Crippen LogP contribution in [0, 0.1) is 17.7 Å². The summed E-state index contributed by atoms with van der Waals surface area (Å²) in [6.45, 7) is 2.91. The molecule has 19 heavy (non-hydrogen) atoms. The zero-order valence-corrected chi connectivity index (χ0v) is 11.5. The van der Waals surface area contributed by atoms with Gasteiger partial charge in [-0.05, 0) is 36.8 Å². The first-order valence-electron chi connectivity index (χ1n) is 7.23. The van der Waals surface area contributed by atoms with Crippen molar-refractivity contribution in [3.05, 3.63) is 35.6 Å². The predicted molar refractivity (Wildman–Crippen MR) is 74.5 cm³/mol. The molecular formula is C16H22FNO. The SMILES string of the molecule is CCC1CCC(CNC(=O)c2ccccc2F)CC1. The number of hydrogen-bond acceptors (Lipinski definition) is 1. The van der Waals surface area contributed by atoms with E-state index in [0.29, 0.717) is 12.5 Å². The molecule has 1 aromatic rings. The Kier molecular flexibility index (Phi) is 4.94. The van der Waals surface area contributed by atoms with E-state index in [2.05, 4.69) is 12.2 Å². The van der Waals surface area contributed by atoms with Crippen LogP contribution in [0.25, 0.3) is 0 Å². The normalized spacial score (nSPS) is 23.1. The molecule has 1 aliphatic carbocycles. The van der Waals surface area contributed by atoms with Crippen LogP contribution in [0.5, 0.6) is 0 Å². The summed E-state index contributed by atoms with van der Waals surface area (Å²) in [5.41, 5.74) is 0.143. The molecule has 0 aromatic heterocycles. The maximum atomic E-state index is 13.4. The molecule has 3 heteroatoms. The lowest BCUT2D eigenvalue weighted by molar-refractivity contribution is 0.0937. The molecule has 0 bridgehead atoms. The highest BCUT2D eigenvalue weighted by Crippen LogP contribution is 2.30. The van der Waals surface area contributed by atoms with E-state index in [1.165, 1.54) is 44.2 Å².